The van der Waals surface area contributed by atoms with Crippen LogP contribution >= 0.6 is 11.8 Å². The molecule has 220 valence electrons. The van der Waals surface area contributed by atoms with Gasteiger partial charge in [0.15, 0.2) is 0 Å². The van der Waals surface area contributed by atoms with Gasteiger partial charge in [-0.15, -0.1) is 0 Å². The summed E-state index contributed by atoms with van der Waals surface area (Å²) in [5.41, 5.74) is 4.76. The Balaban J connectivity index is 2.26. The maximum absolute atomic E-state index is 12.1. The van der Waals surface area contributed by atoms with Crippen LogP contribution in [0.3, 0.4) is 0 Å². The molecule has 1 rings (SSSR count). The van der Waals surface area contributed by atoms with Gasteiger partial charge >= 0.3 is 12.1 Å². The molecule has 0 radical (unpaired) electrons. The molecule has 0 aliphatic heterocycles. The minimum atomic E-state index is -1.15. The Labute approximate surface area is 241 Å². The zero-order chi connectivity index (χ0) is 29.8. The number of hydrogen-bond donors (Lipinski definition) is 4. The number of carbonyl (C=O) groups excluding carboxylic acids is 3. The van der Waals surface area contributed by atoms with Gasteiger partial charge in [-0.1, -0.05) is 65.3 Å². The van der Waals surface area contributed by atoms with Gasteiger partial charge < -0.3 is 25.8 Å². The molecule has 0 aliphatic rings. The van der Waals surface area contributed by atoms with Gasteiger partial charge in [0.1, 0.15) is 19.2 Å². The molecule has 1 aromatic rings. The molecular formula is C30H43N3O6S. The monoisotopic (exact) mass is 573 g/mol. The molecule has 0 bridgehead atoms. The molecule has 9 nitrogen and oxygen atoms in total. The summed E-state index contributed by atoms with van der Waals surface area (Å²) in [4.78, 5) is 47.3. The van der Waals surface area contributed by atoms with Crippen molar-refractivity contribution in [2.24, 2.45) is 0 Å². The molecular weight excluding hydrogens is 530 g/mol. The normalized spacial score (nSPS) is 12.2. The van der Waals surface area contributed by atoms with E-state index in [1.165, 1.54) is 28.5 Å². The second kappa shape index (κ2) is 20.4. The maximum atomic E-state index is 12.1. The Morgan fingerprint density at radius 3 is 2.15 bits per heavy atom. The molecule has 4 N–H and O–H groups in total. The Morgan fingerprint density at radius 1 is 0.875 bits per heavy atom. The van der Waals surface area contributed by atoms with Crippen LogP contribution in [0.1, 0.15) is 58.9 Å². The van der Waals surface area contributed by atoms with E-state index in [0.29, 0.717) is 5.75 Å². The average molecular weight is 574 g/mol. The number of nitrogens with one attached hydrogen (secondary N) is 3. The molecule has 0 spiro atoms. The number of carbonyl (C=O) groups is 4. The lowest BCUT2D eigenvalue weighted by Crippen LogP contribution is -2.48. The number of rotatable bonds is 18. The molecule has 0 saturated heterocycles. The first-order valence-corrected chi connectivity index (χ1v) is 14.5. The van der Waals surface area contributed by atoms with Crippen LogP contribution in [0.5, 0.6) is 0 Å². The third kappa shape index (κ3) is 17.9. The van der Waals surface area contributed by atoms with Crippen molar-refractivity contribution < 1.29 is 29.0 Å². The van der Waals surface area contributed by atoms with Crippen LogP contribution in [0.25, 0.3) is 0 Å². The summed E-state index contributed by atoms with van der Waals surface area (Å²) in [5, 5.41) is 16.5. The number of aliphatic carboxylic acids is 1. The standard InChI is InChI=1S/C30H43N3O6S/c1-22(2)10-8-11-23(3)12-9-13-24(4)16-17-40-21-26(29(36)37)33-28(35)19-31-27(34)18-32-30(38)39-20-25-14-6-5-7-15-25/h5-7,10,12,14-16,26H,8-9,11,13,17-21H2,1-4H3,(H,31,34)(H,32,38)(H,33,35)(H,36,37)/t26-/m0/s1. The van der Waals surface area contributed by atoms with Crippen molar-refractivity contribution in [1.82, 2.24) is 16.0 Å². The van der Waals surface area contributed by atoms with E-state index in [2.05, 4.69) is 61.9 Å². The lowest BCUT2D eigenvalue weighted by molar-refractivity contribution is -0.141. The summed E-state index contributed by atoms with van der Waals surface area (Å²) in [6, 6.07) is 8.00. The molecule has 10 heteroatoms. The number of hydrogen-bond acceptors (Lipinski definition) is 6. The largest absolute Gasteiger partial charge is 0.480 e. The first-order valence-electron chi connectivity index (χ1n) is 13.3. The van der Waals surface area contributed by atoms with Crippen LogP contribution in [0.4, 0.5) is 4.79 Å². The number of carboxylic acids is 1. The zero-order valence-electron chi connectivity index (χ0n) is 24.0. The molecule has 0 unspecified atom stereocenters. The fourth-order valence-electron chi connectivity index (χ4n) is 3.31. The van der Waals surface area contributed by atoms with Crippen molar-refractivity contribution in [2.45, 2.75) is 66.0 Å². The van der Waals surface area contributed by atoms with Crippen molar-refractivity contribution in [2.75, 3.05) is 24.6 Å². The van der Waals surface area contributed by atoms with Crippen LogP contribution in [0.15, 0.2) is 65.3 Å². The van der Waals surface area contributed by atoms with E-state index < -0.39 is 36.5 Å². The summed E-state index contributed by atoms with van der Waals surface area (Å²) >= 11 is 1.41. The van der Waals surface area contributed by atoms with Crippen LogP contribution < -0.4 is 16.0 Å². The molecule has 0 aliphatic carbocycles. The highest BCUT2D eigenvalue weighted by atomic mass is 32.2. The third-order valence-corrected chi connectivity index (χ3v) is 6.61. The van der Waals surface area contributed by atoms with Gasteiger partial charge in [-0.25, -0.2) is 9.59 Å². The predicted octanol–water partition coefficient (Wildman–Crippen LogP) is 4.75. The van der Waals surface area contributed by atoms with E-state index in [1.807, 2.05) is 18.2 Å². The van der Waals surface area contributed by atoms with E-state index in [1.54, 1.807) is 12.1 Å². The number of amides is 3. The van der Waals surface area contributed by atoms with Gasteiger partial charge in [0.2, 0.25) is 11.8 Å². The summed E-state index contributed by atoms with van der Waals surface area (Å²) in [6.45, 7) is 7.70. The van der Waals surface area contributed by atoms with E-state index in [-0.39, 0.29) is 18.9 Å². The van der Waals surface area contributed by atoms with E-state index in [9.17, 15) is 24.3 Å². The van der Waals surface area contributed by atoms with Gasteiger partial charge in [0, 0.05) is 11.5 Å². The van der Waals surface area contributed by atoms with Crippen LogP contribution in [0, 0.1) is 0 Å². The Morgan fingerprint density at radius 2 is 1.50 bits per heavy atom. The Hall–Kier alpha value is -3.53. The van der Waals surface area contributed by atoms with Gasteiger partial charge in [0.25, 0.3) is 0 Å². The summed E-state index contributed by atoms with van der Waals surface area (Å²) < 4.78 is 5.01. The molecule has 0 saturated carbocycles. The minimum absolute atomic E-state index is 0.0643. The van der Waals surface area contributed by atoms with Crippen LogP contribution in [-0.4, -0.2) is 59.6 Å². The minimum Gasteiger partial charge on any atom is -0.480 e. The quantitative estimate of drug-likeness (QED) is 0.147. The lowest BCUT2D eigenvalue weighted by atomic mass is 10.1. The van der Waals surface area contributed by atoms with E-state index in [0.717, 1.165) is 31.2 Å². The van der Waals surface area contributed by atoms with Crippen molar-refractivity contribution in [1.29, 1.82) is 0 Å². The van der Waals surface area contributed by atoms with Crippen molar-refractivity contribution in [3.8, 4) is 0 Å². The number of allylic oxidation sites excluding steroid dienone is 5. The van der Waals surface area contributed by atoms with Crippen LogP contribution in [0.2, 0.25) is 0 Å². The molecule has 1 atom stereocenters. The molecule has 0 aromatic heterocycles. The first-order chi connectivity index (χ1) is 19.1. The van der Waals surface area contributed by atoms with E-state index >= 15 is 0 Å². The maximum Gasteiger partial charge on any atom is 0.407 e. The highest BCUT2D eigenvalue weighted by Crippen LogP contribution is 2.13. The molecule has 40 heavy (non-hydrogen) atoms. The third-order valence-electron chi connectivity index (χ3n) is 5.64. The Kier molecular flexibility index (Phi) is 17.6. The zero-order valence-corrected chi connectivity index (χ0v) is 24.8. The van der Waals surface area contributed by atoms with E-state index in [4.69, 9.17) is 4.74 Å². The average Bonchev–Trinajstić information content (AvgIpc) is 2.91. The second-order valence-corrected chi connectivity index (χ2v) is 10.7. The highest BCUT2D eigenvalue weighted by molar-refractivity contribution is 7.99. The van der Waals surface area contributed by atoms with Crippen molar-refractivity contribution >= 4 is 35.6 Å². The molecule has 1 aromatic carbocycles. The SMILES string of the molecule is CC(C)=CCCC(C)=CCCC(C)=CCSC[C@H](NC(=O)CNC(=O)CNC(=O)OCc1ccccc1)C(=O)O. The smallest absolute Gasteiger partial charge is 0.407 e. The number of benzene rings is 1. The fourth-order valence-corrected chi connectivity index (χ4v) is 4.31. The summed E-state index contributed by atoms with van der Waals surface area (Å²) in [6.07, 6.45) is 9.87. The summed E-state index contributed by atoms with van der Waals surface area (Å²) in [5.74, 6) is -1.56. The number of thioether (sulfide) groups is 1. The van der Waals surface area contributed by atoms with Gasteiger partial charge in [0.05, 0.1) is 6.54 Å². The fraction of sp³-hybridized carbons (Fsp3) is 0.467. The van der Waals surface area contributed by atoms with Gasteiger partial charge in [-0.2, -0.15) is 11.8 Å². The van der Waals surface area contributed by atoms with Gasteiger partial charge in [-0.3, -0.25) is 9.59 Å². The molecule has 0 fully saturated rings. The second-order valence-electron chi connectivity index (χ2n) is 9.65. The van der Waals surface area contributed by atoms with Crippen molar-refractivity contribution in [3.63, 3.8) is 0 Å². The molecule has 3 amide bonds. The lowest BCUT2D eigenvalue weighted by Gasteiger charge is -2.14. The van der Waals surface area contributed by atoms with Crippen LogP contribution in [-0.2, 0) is 25.7 Å². The predicted molar refractivity (Wildman–Crippen MR) is 160 cm³/mol. The Bertz CT molecular complexity index is 1050. The van der Waals surface area contributed by atoms with Gasteiger partial charge in [-0.05, 0) is 58.9 Å². The highest BCUT2D eigenvalue weighted by Gasteiger charge is 2.20. The topological polar surface area (TPSA) is 134 Å². The number of ether oxygens (including phenoxy) is 1. The molecule has 0 heterocycles. The summed E-state index contributed by atoms with van der Waals surface area (Å²) in [7, 11) is 0. The van der Waals surface area contributed by atoms with Crippen molar-refractivity contribution in [3.05, 3.63) is 70.8 Å². The first kappa shape index (κ1) is 34.5. The number of alkyl carbamates (subject to hydrolysis) is 1. The number of carboxylic acid groups (broad SMARTS) is 1.